The van der Waals surface area contributed by atoms with Crippen LogP contribution in [0.4, 0.5) is 0 Å². The lowest BCUT2D eigenvalue weighted by molar-refractivity contribution is 0.161. The second-order valence-electron chi connectivity index (χ2n) is 7.20. The van der Waals surface area contributed by atoms with E-state index >= 15 is 0 Å². The molecule has 134 valence electrons. The number of nitrogens with two attached hydrogens (primary N) is 1. The predicted molar refractivity (Wildman–Crippen MR) is 102 cm³/mol. The van der Waals surface area contributed by atoms with Crippen LogP contribution in [-0.2, 0) is 13.0 Å². The van der Waals surface area contributed by atoms with Crippen LogP contribution in [0.15, 0.2) is 30.6 Å². The number of aromatic nitrogens is 2. The highest BCUT2D eigenvalue weighted by molar-refractivity contribution is 5.27. The maximum Gasteiger partial charge on any atom is 0.0607 e. The highest BCUT2D eigenvalue weighted by Crippen LogP contribution is 2.34. The van der Waals surface area contributed by atoms with E-state index in [2.05, 4.69) is 36.9 Å². The molecule has 2 aromatic heterocycles. The van der Waals surface area contributed by atoms with Crippen LogP contribution in [0.2, 0.25) is 0 Å². The standard InChI is InChI=1S/C21H30N4/c1-16-13-17(2)19(24-14-16)15-25(12-4-3-10-22)20-9-5-7-18-8-6-11-23-21(18)20/h6,8,11,13-14,20H,3-5,7,9-10,12,15,22H2,1-2H3/t20-/m1/s1. The molecule has 0 fully saturated rings. The molecule has 1 aliphatic carbocycles. The third kappa shape index (κ3) is 4.44. The van der Waals surface area contributed by atoms with Crippen LogP contribution in [0.5, 0.6) is 0 Å². The summed E-state index contributed by atoms with van der Waals surface area (Å²) < 4.78 is 0. The van der Waals surface area contributed by atoms with Crippen molar-refractivity contribution in [1.82, 2.24) is 14.9 Å². The van der Waals surface area contributed by atoms with Crippen molar-refractivity contribution in [2.45, 2.75) is 58.5 Å². The van der Waals surface area contributed by atoms with Crippen molar-refractivity contribution in [2.75, 3.05) is 13.1 Å². The van der Waals surface area contributed by atoms with Crippen LogP contribution in [0.3, 0.4) is 0 Å². The smallest absolute Gasteiger partial charge is 0.0607 e. The van der Waals surface area contributed by atoms with Crippen molar-refractivity contribution >= 4 is 0 Å². The first-order valence-electron chi connectivity index (χ1n) is 9.49. The lowest BCUT2D eigenvalue weighted by Crippen LogP contribution is -2.33. The van der Waals surface area contributed by atoms with Gasteiger partial charge in [-0.3, -0.25) is 14.9 Å². The van der Waals surface area contributed by atoms with Gasteiger partial charge in [0.1, 0.15) is 0 Å². The van der Waals surface area contributed by atoms with Gasteiger partial charge in [0.2, 0.25) is 0 Å². The Morgan fingerprint density at radius 3 is 2.92 bits per heavy atom. The third-order valence-corrected chi connectivity index (χ3v) is 5.18. The molecule has 0 radical (unpaired) electrons. The summed E-state index contributed by atoms with van der Waals surface area (Å²) in [7, 11) is 0. The van der Waals surface area contributed by atoms with E-state index in [9.17, 15) is 0 Å². The van der Waals surface area contributed by atoms with Gasteiger partial charge in [-0.15, -0.1) is 0 Å². The molecule has 4 nitrogen and oxygen atoms in total. The monoisotopic (exact) mass is 338 g/mol. The van der Waals surface area contributed by atoms with E-state index in [1.165, 1.54) is 40.9 Å². The molecule has 0 saturated heterocycles. The fourth-order valence-corrected chi connectivity index (χ4v) is 3.85. The van der Waals surface area contributed by atoms with Crippen LogP contribution in [0.1, 0.15) is 59.8 Å². The van der Waals surface area contributed by atoms with Gasteiger partial charge in [-0.1, -0.05) is 12.1 Å². The van der Waals surface area contributed by atoms with E-state index in [0.29, 0.717) is 6.04 Å². The molecule has 2 heterocycles. The second kappa shape index (κ2) is 8.54. The normalized spacial score (nSPS) is 16.9. The number of hydrogen-bond donors (Lipinski definition) is 1. The highest BCUT2D eigenvalue weighted by Gasteiger charge is 2.27. The number of unbranched alkanes of at least 4 members (excludes halogenated alkanes) is 1. The average molecular weight is 338 g/mol. The number of hydrogen-bond acceptors (Lipinski definition) is 4. The summed E-state index contributed by atoms with van der Waals surface area (Å²) in [6.45, 7) is 6.96. The summed E-state index contributed by atoms with van der Waals surface area (Å²) in [5.41, 5.74) is 12.1. The molecule has 0 unspecified atom stereocenters. The molecule has 2 N–H and O–H groups in total. The minimum Gasteiger partial charge on any atom is -0.330 e. The molecule has 1 aliphatic rings. The first-order valence-corrected chi connectivity index (χ1v) is 9.49. The molecular formula is C21H30N4. The molecule has 0 aromatic carbocycles. The SMILES string of the molecule is Cc1cnc(CN(CCCCN)[C@@H]2CCCc3cccnc32)c(C)c1. The minimum atomic E-state index is 0.394. The molecule has 0 saturated carbocycles. The molecule has 2 aromatic rings. The second-order valence-corrected chi connectivity index (χ2v) is 7.20. The third-order valence-electron chi connectivity index (χ3n) is 5.18. The minimum absolute atomic E-state index is 0.394. The zero-order valence-corrected chi connectivity index (χ0v) is 15.5. The number of aryl methyl sites for hydroxylation is 3. The number of fused-ring (bicyclic) bond motifs is 1. The molecule has 0 amide bonds. The summed E-state index contributed by atoms with van der Waals surface area (Å²) in [5, 5.41) is 0. The molecular weight excluding hydrogens is 308 g/mol. The predicted octanol–water partition coefficient (Wildman–Crippen LogP) is 3.71. The summed E-state index contributed by atoms with van der Waals surface area (Å²) in [4.78, 5) is 12.0. The van der Waals surface area contributed by atoms with Crippen LogP contribution < -0.4 is 5.73 Å². The molecule has 3 rings (SSSR count). The lowest BCUT2D eigenvalue weighted by atomic mass is 9.90. The number of pyridine rings is 2. The average Bonchev–Trinajstić information content (AvgIpc) is 2.62. The maximum absolute atomic E-state index is 5.72. The van der Waals surface area contributed by atoms with Crippen molar-refractivity contribution in [3.63, 3.8) is 0 Å². The van der Waals surface area contributed by atoms with Gasteiger partial charge in [0.15, 0.2) is 0 Å². The van der Waals surface area contributed by atoms with Crippen molar-refractivity contribution < 1.29 is 0 Å². The van der Waals surface area contributed by atoms with E-state index in [4.69, 9.17) is 15.7 Å². The van der Waals surface area contributed by atoms with Gasteiger partial charge in [0, 0.05) is 18.9 Å². The Bertz CT molecular complexity index is 698. The van der Waals surface area contributed by atoms with E-state index in [1.807, 2.05) is 12.4 Å². The Kier molecular flexibility index (Phi) is 6.16. The Morgan fingerprint density at radius 1 is 1.24 bits per heavy atom. The highest BCUT2D eigenvalue weighted by atomic mass is 15.2. The van der Waals surface area contributed by atoms with Crippen LogP contribution in [-0.4, -0.2) is 28.0 Å². The van der Waals surface area contributed by atoms with Gasteiger partial charge < -0.3 is 5.73 Å². The lowest BCUT2D eigenvalue weighted by Gasteiger charge is -2.35. The quantitative estimate of drug-likeness (QED) is 0.782. The number of rotatable bonds is 7. The summed E-state index contributed by atoms with van der Waals surface area (Å²) in [5.74, 6) is 0. The van der Waals surface area contributed by atoms with Gasteiger partial charge >= 0.3 is 0 Å². The van der Waals surface area contributed by atoms with E-state index < -0.39 is 0 Å². The summed E-state index contributed by atoms with van der Waals surface area (Å²) >= 11 is 0. The maximum atomic E-state index is 5.72. The first-order chi connectivity index (χ1) is 12.2. The molecule has 0 bridgehead atoms. The van der Waals surface area contributed by atoms with Gasteiger partial charge in [-0.2, -0.15) is 0 Å². The van der Waals surface area contributed by atoms with E-state index in [1.54, 1.807) is 0 Å². The van der Waals surface area contributed by atoms with Gasteiger partial charge in [-0.05, 0) is 81.8 Å². The van der Waals surface area contributed by atoms with Crippen molar-refractivity contribution in [1.29, 1.82) is 0 Å². The Balaban J connectivity index is 1.84. The Morgan fingerprint density at radius 2 is 2.12 bits per heavy atom. The fourth-order valence-electron chi connectivity index (χ4n) is 3.85. The molecule has 4 heteroatoms. The molecule has 0 spiro atoms. The van der Waals surface area contributed by atoms with Crippen LogP contribution >= 0.6 is 0 Å². The van der Waals surface area contributed by atoms with Crippen molar-refractivity contribution in [2.24, 2.45) is 5.73 Å². The largest absolute Gasteiger partial charge is 0.330 e. The summed E-state index contributed by atoms with van der Waals surface area (Å²) in [6.07, 6.45) is 9.67. The Hall–Kier alpha value is -1.78. The van der Waals surface area contributed by atoms with Crippen molar-refractivity contribution in [3.05, 3.63) is 58.7 Å². The Labute approximate surface area is 151 Å². The molecule has 0 aliphatic heterocycles. The van der Waals surface area contributed by atoms with Gasteiger partial charge in [0.25, 0.3) is 0 Å². The van der Waals surface area contributed by atoms with Crippen LogP contribution in [0.25, 0.3) is 0 Å². The first kappa shape index (κ1) is 18.0. The topological polar surface area (TPSA) is 55.0 Å². The van der Waals surface area contributed by atoms with E-state index in [-0.39, 0.29) is 0 Å². The van der Waals surface area contributed by atoms with Crippen LogP contribution in [0, 0.1) is 13.8 Å². The van der Waals surface area contributed by atoms with Gasteiger partial charge in [0.05, 0.1) is 17.4 Å². The van der Waals surface area contributed by atoms with E-state index in [0.717, 1.165) is 38.9 Å². The molecule has 25 heavy (non-hydrogen) atoms. The zero-order valence-electron chi connectivity index (χ0n) is 15.5. The van der Waals surface area contributed by atoms with Crippen molar-refractivity contribution in [3.8, 4) is 0 Å². The zero-order chi connectivity index (χ0) is 17.6. The van der Waals surface area contributed by atoms with Gasteiger partial charge in [-0.25, -0.2) is 0 Å². The summed E-state index contributed by atoms with van der Waals surface area (Å²) in [6, 6.07) is 6.92. The fraction of sp³-hybridized carbons (Fsp3) is 0.524. The molecule has 1 atom stereocenters. The number of nitrogens with zero attached hydrogens (tertiary/aromatic N) is 3.